The number of hydrogen-bond donors (Lipinski definition) is 1. The van der Waals surface area contributed by atoms with E-state index in [1.807, 2.05) is 6.07 Å². The largest absolute Gasteiger partial charge is 0.443 e. The van der Waals surface area contributed by atoms with Gasteiger partial charge in [-0.2, -0.15) is 0 Å². The average Bonchev–Trinajstić information content (AvgIpc) is 3.31. The van der Waals surface area contributed by atoms with Crippen LogP contribution in [-0.4, -0.2) is 36.6 Å². The van der Waals surface area contributed by atoms with E-state index in [1.54, 1.807) is 29.1 Å². The summed E-state index contributed by atoms with van der Waals surface area (Å²) in [6, 6.07) is 8.81. The summed E-state index contributed by atoms with van der Waals surface area (Å²) in [5, 5.41) is 8.66. The highest BCUT2D eigenvalue weighted by Crippen LogP contribution is 2.22. The van der Waals surface area contributed by atoms with Crippen LogP contribution in [0.4, 0.5) is 0 Å². The number of sulfonamides is 1. The molecule has 24 heavy (non-hydrogen) atoms. The Hall–Kier alpha value is -2.23. The lowest BCUT2D eigenvalue weighted by Crippen LogP contribution is -2.23. The summed E-state index contributed by atoms with van der Waals surface area (Å²) in [7, 11) is -3.75. The van der Waals surface area contributed by atoms with Crippen molar-refractivity contribution < 1.29 is 17.6 Å². The monoisotopic (exact) mass is 348 g/mol. The Morgan fingerprint density at radius 2 is 2.21 bits per heavy atom. The maximum atomic E-state index is 12.4. The normalized spacial score (nSPS) is 18.4. The summed E-state index contributed by atoms with van der Waals surface area (Å²) in [5.74, 6) is 0. The first-order valence-corrected chi connectivity index (χ1v) is 9.07. The van der Waals surface area contributed by atoms with Crippen molar-refractivity contribution in [3.05, 3.63) is 42.2 Å². The van der Waals surface area contributed by atoms with E-state index in [2.05, 4.69) is 15.0 Å². The number of ether oxygens (including phenoxy) is 1. The van der Waals surface area contributed by atoms with E-state index in [0.717, 1.165) is 11.8 Å². The third-order valence-electron chi connectivity index (χ3n) is 3.95. The Morgan fingerprint density at radius 1 is 1.33 bits per heavy atom. The maximum Gasteiger partial charge on any atom is 0.274 e. The highest BCUT2D eigenvalue weighted by Gasteiger charge is 2.21. The summed E-state index contributed by atoms with van der Waals surface area (Å²) >= 11 is 0. The van der Waals surface area contributed by atoms with E-state index in [-0.39, 0.29) is 17.7 Å². The molecule has 3 heterocycles. The van der Waals surface area contributed by atoms with Crippen LogP contribution in [0.15, 0.2) is 46.0 Å². The molecule has 3 aromatic rings. The third-order valence-corrected chi connectivity index (χ3v) is 5.20. The number of furan rings is 1. The van der Waals surface area contributed by atoms with Gasteiger partial charge >= 0.3 is 0 Å². The molecule has 1 aliphatic rings. The van der Waals surface area contributed by atoms with Gasteiger partial charge < -0.3 is 9.15 Å². The molecule has 1 unspecified atom stereocenters. The standard InChI is InChI=1S/C15H16N4O4S/c20-24(21,15-7-11-3-1-2-4-14(11)23-15)16-8-12-9-19(18-17-12)13-5-6-22-10-13/h1-4,7,9,13,16H,5-6,8,10H2. The van der Waals surface area contributed by atoms with Gasteiger partial charge in [0.25, 0.3) is 10.0 Å². The molecule has 0 aliphatic carbocycles. The van der Waals surface area contributed by atoms with Crippen LogP contribution in [-0.2, 0) is 21.3 Å². The second kappa shape index (κ2) is 6.00. The lowest BCUT2D eigenvalue weighted by Gasteiger charge is -2.05. The molecule has 1 atom stereocenters. The van der Waals surface area contributed by atoms with Crippen LogP contribution < -0.4 is 4.72 Å². The lowest BCUT2D eigenvalue weighted by molar-refractivity contribution is 0.184. The molecule has 1 saturated heterocycles. The Balaban J connectivity index is 1.48. The summed E-state index contributed by atoms with van der Waals surface area (Å²) in [6.07, 6.45) is 2.62. The molecule has 126 valence electrons. The molecule has 1 aliphatic heterocycles. The van der Waals surface area contributed by atoms with Crippen LogP contribution in [0.2, 0.25) is 0 Å². The molecule has 1 fully saturated rings. The van der Waals surface area contributed by atoms with E-state index in [0.29, 0.717) is 24.5 Å². The van der Waals surface area contributed by atoms with Gasteiger partial charge in [0.1, 0.15) is 5.58 Å². The molecule has 1 N–H and O–H groups in total. The predicted molar refractivity (Wildman–Crippen MR) is 84.7 cm³/mol. The summed E-state index contributed by atoms with van der Waals surface area (Å²) in [4.78, 5) is 0. The van der Waals surface area contributed by atoms with Crippen LogP contribution in [0.25, 0.3) is 11.0 Å². The molecule has 0 amide bonds. The molecule has 0 saturated carbocycles. The van der Waals surface area contributed by atoms with E-state index in [4.69, 9.17) is 9.15 Å². The quantitative estimate of drug-likeness (QED) is 0.749. The molecule has 0 spiro atoms. The van der Waals surface area contributed by atoms with Gasteiger partial charge in [-0.3, -0.25) is 0 Å². The average molecular weight is 348 g/mol. The highest BCUT2D eigenvalue weighted by molar-refractivity contribution is 7.89. The molecule has 0 bridgehead atoms. The van der Waals surface area contributed by atoms with Crippen LogP contribution in [0.5, 0.6) is 0 Å². The van der Waals surface area contributed by atoms with Gasteiger partial charge in [-0.1, -0.05) is 23.4 Å². The molecular weight excluding hydrogens is 332 g/mol. The number of rotatable bonds is 5. The van der Waals surface area contributed by atoms with Crippen molar-refractivity contribution in [2.24, 2.45) is 0 Å². The van der Waals surface area contributed by atoms with Crippen molar-refractivity contribution in [2.75, 3.05) is 13.2 Å². The van der Waals surface area contributed by atoms with Gasteiger partial charge in [-0.05, 0) is 12.5 Å². The summed E-state index contributed by atoms with van der Waals surface area (Å²) < 4.78 is 39.6. The van der Waals surface area contributed by atoms with Crippen molar-refractivity contribution in [1.82, 2.24) is 19.7 Å². The Labute approximate surface area is 138 Å². The third kappa shape index (κ3) is 2.93. The fraction of sp³-hybridized carbons (Fsp3) is 0.333. The minimum absolute atomic E-state index is 0.0486. The number of para-hydroxylation sites is 1. The number of benzene rings is 1. The number of nitrogens with one attached hydrogen (secondary N) is 1. The first-order chi connectivity index (χ1) is 11.6. The van der Waals surface area contributed by atoms with E-state index >= 15 is 0 Å². The Bertz CT molecular complexity index is 924. The van der Waals surface area contributed by atoms with Gasteiger partial charge in [-0.25, -0.2) is 17.8 Å². The SMILES string of the molecule is O=S(=O)(NCc1cn(C2CCOC2)nn1)c1cc2ccccc2o1. The molecule has 8 nitrogen and oxygen atoms in total. The second-order valence-electron chi connectivity index (χ2n) is 5.64. The fourth-order valence-electron chi connectivity index (χ4n) is 2.63. The molecule has 9 heteroatoms. The number of hydrogen-bond acceptors (Lipinski definition) is 6. The van der Waals surface area contributed by atoms with Crippen molar-refractivity contribution in [3.63, 3.8) is 0 Å². The number of nitrogens with zero attached hydrogens (tertiary/aromatic N) is 3. The van der Waals surface area contributed by atoms with Gasteiger partial charge in [-0.15, -0.1) is 5.10 Å². The summed E-state index contributed by atoms with van der Waals surface area (Å²) in [5.41, 5.74) is 1.08. The van der Waals surface area contributed by atoms with Crippen LogP contribution in [0.3, 0.4) is 0 Å². The zero-order valence-corrected chi connectivity index (χ0v) is 13.6. The van der Waals surface area contributed by atoms with E-state index < -0.39 is 10.0 Å². The van der Waals surface area contributed by atoms with Crippen molar-refractivity contribution in [1.29, 1.82) is 0 Å². The first-order valence-electron chi connectivity index (χ1n) is 7.58. The smallest absolute Gasteiger partial charge is 0.274 e. The summed E-state index contributed by atoms with van der Waals surface area (Å²) in [6.45, 7) is 1.36. The van der Waals surface area contributed by atoms with Crippen molar-refractivity contribution in [3.8, 4) is 0 Å². The van der Waals surface area contributed by atoms with Crippen molar-refractivity contribution in [2.45, 2.75) is 24.1 Å². The lowest BCUT2D eigenvalue weighted by atomic mass is 10.3. The number of fused-ring (bicyclic) bond motifs is 1. The van der Waals surface area contributed by atoms with E-state index in [1.165, 1.54) is 6.07 Å². The molecule has 4 rings (SSSR count). The van der Waals surface area contributed by atoms with Crippen molar-refractivity contribution >= 4 is 21.0 Å². The Kier molecular flexibility index (Phi) is 3.83. The van der Waals surface area contributed by atoms with Crippen LogP contribution in [0.1, 0.15) is 18.2 Å². The number of aromatic nitrogens is 3. The Morgan fingerprint density at radius 3 is 3.00 bits per heavy atom. The fourth-order valence-corrected chi connectivity index (χ4v) is 3.60. The minimum Gasteiger partial charge on any atom is -0.443 e. The second-order valence-corrected chi connectivity index (χ2v) is 7.33. The van der Waals surface area contributed by atoms with Gasteiger partial charge in [0.2, 0.25) is 5.09 Å². The first kappa shape index (κ1) is 15.3. The van der Waals surface area contributed by atoms with Gasteiger partial charge in [0.15, 0.2) is 0 Å². The molecule has 1 aromatic carbocycles. The van der Waals surface area contributed by atoms with Crippen LogP contribution in [0, 0.1) is 0 Å². The molecule has 0 radical (unpaired) electrons. The minimum atomic E-state index is -3.75. The zero-order valence-electron chi connectivity index (χ0n) is 12.8. The molecule has 2 aromatic heterocycles. The maximum absolute atomic E-state index is 12.4. The topological polar surface area (TPSA) is 99.2 Å². The van der Waals surface area contributed by atoms with E-state index in [9.17, 15) is 8.42 Å². The van der Waals surface area contributed by atoms with Crippen LogP contribution >= 0.6 is 0 Å². The zero-order chi connectivity index (χ0) is 16.6. The van der Waals surface area contributed by atoms with Gasteiger partial charge in [0.05, 0.1) is 31.1 Å². The molecular formula is C15H16N4O4S. The van der Waals surface area contributed by atoms with Gasteiger partial charge in [0, 0.05) is 18.1 Å². The highest BCUT2D eigenvalue weighted by atomic mass is 32.2. The predicted octanol–water partition coefficient (Wildman–Crippen LogP) is 1.46.